The van der Waals surface area contributed by atoms with Crippen LogP contribution in [0.25, 0.3) is 0 Å². The zero-order valence-electron chi connectivity index (χ0n) is 15.3. The lowest BCUT2D eigenvalue weighted by Crippen LogP contribution is -2.35. The van der Waals surface area contributed by atoms with Gasteiger partial charge in [0, 0.05) is 20.0 Å². The van der Waals surface area contributed by atoms with E-state index in [-0.39, 0.29) is 36.9 Å². The molecule has 1 aromatic rings. The second-order valence-corrected chi connectivity index (χ2v) is 8.11. The Morgan fingerprint density at radius 3 is 2.58 bits per heavy atom. The first-order valence-electron chi connectivity index (χ1n) is 8.84. The summed E-state index contributed by atoms with van der Waals surface area (Å²) in [6, 6.07) is 5.22. The van der Waals surface area contributed by atoms with Crippen molar-refractivity contribution >= 4 is 21.9 Å². The predicted octanol–water partition coefficient (Wildman–Crippen LogP) is 1.26. The first-order chi connectivity index (χ1) is 12.3. The molecular weight excluding hydrogens is 356 g/mol. The Morgan fingerprint density at radius 2 is 1.88 bits per heavy atom. The molecule has 1 aliphatic carbocycles. The Balaban J connectivity index is 1.88. The van der Waals surface area contributed by atoms with Gasteiger partial charge in [-0.25, -0.2) is 13.1 Å². The highest BCUT2D eigenvalue weighted by molar-refractivity contribution is 7.89. The first kappa shape index (κ1) is 20.4. The number of ether oxygens (including phenoxy) is 1. The molecule has 7 nitrogen and oxygen atoms in total. The number of amides is 1. The lowest BCUT2D eigenvalue weighted by Gasteiger charge is -2.17. The molecule has 8 heteroatoms. The molecule has 0 atom stereocenters. The van der Waals surface area contributed by atoms with Crippen LogP contribution < -0.4 is 4.72 Å². The zero-order chi connectivity index (χ0) is 19.2. The van der Waals surface area contributed by atoms with Gasteiger partial charge in [0.15, 0.2) is 0 Å². The van der Waals surface area contributed by atoms with Gasteiger partial charge in [-0.05, 0) is 55.9 Å². The molecule has 1 amide bonds. The Morgan fingerprint density at radius 1 is 1.19 bits per heavy atom. The Bertz CT molecular complexity index is 761. The number of nitrogens with zero attached hydrogens (tertiary/aromatic N) is 1. The minimum Gasteiger partial charge on any atom is -0.465 e. The van der Waals surface area contributed by atoms with Gasteiger partial charge < -0.3 is 9.64 Å². The summed E-state index contributed by atoms with van der Waals surface area (Å²) in [7, 11) is -2.18. The molecule has 0 aliphatic heterocycles. The molecule has 0 unspecified atom stereocenters. The number of carbonyl (C=O) groups excluding carboxylic acids is 2. The van der Waals surface area contributed by atoms with Crippen molar-refractivity contribution in [2.45, 2.75) is 43.9 Å². The highest BCUT2D eigenvalue weighted by atomic mass is 32.2. The lowest BCUT2D eigenvalue weighted by atomic mass is 9.92. The molecule has 0 heterocycles. The SMILES string of the molecule is CCOC(=O)CN(C)C(=O)CCNS(=O)(=O)c1ccc2c(c1)CCCC2. The standard InChI is InChI=1S/C18H26N2O5S/c1-3-25-18(22)13-20(2)17(21)10-11-19-26(23,24)16-9-8-14-6-4-5-7-15(14)12-16/h8-9,12,19H,3-7,10-11,13H2,1-2H3. The van der Waals surface area contributed by atoms with Crippen molar-refractivity contribution in [2.24, 2.45) is 0 Å². The molecule has 0 bridgehead atoms. The summed E-state index contributed by atoms with van der Waals surface area (Å²) in [5.74, 6) is -0.816. The molecule has 0 saturated heterocycles. The molecule has 0 aromatic heterocycles. The van der Waals surface area contributed by atoms with Gasteiger partial charge >= 0.3 is 5.97 Å². The topological polar surface area (TPSA) is 92.8 Å². The Labute approximate surface area is 154 Å². The minimum absolute atomic E-state index is 0.0224. The summed E-state index contributed by atoms with van der Waals surface area (Å²) < 4.78 is 32.1. The molecule has 0 spiro atoms. The smallest absolute Gasteiger partial charge is 0.325 e. The van der Waals surface area contributed by atoms with E-state index < -0.39 is 16.0 Å². The van der Waals surface area contributed by atoms with E-state index in [1.165, 1.54) is 17.5 Å². The monoisotopic (exact) mass is 382 g/mol. The molecule has 1 aromatic carbocycles. The van der Waals surface area contributed by atoms with Crippen molar-refractivity contribution in [3.05, 3.63) is 29.3 Å². The van der Waals surface area contributed by atoms with Crippen LogP contribution in [-0.2, 0) is 37.2 Å². The van der Waals surface area contributed by atoms with Crippen molar-refractivity contribution in [3.63, 3.8) is 0 Å². The van der Waals surface area contributed by atoms with Crippen molar-refractivity contribution in [1.82, 2.24) is 9.62 Å². The van der Waals surface area contributed by atoms with Gasteiger partial charge in [-0.3, -0.25) is 9.59 Å². The molecule has 1 aliphatic rings. The van der Waals surface area contributed by atoms with Gasteiger partial charge in [-0.1, -0.05) is 6.07 Å². The average Bonchev–Trinajstić information content (AvgIpc) is 2.61. The highest BCUT2D eigenvalue weighted by Crippen LogP contribution is 2.23. The van der Waals surface area contributed by atoms with Crippen LogP contribution in [0, 0.1) is 0 Å². The summed E-state index contributed by atoms with van der Waals surface area (Å²) in [4.78, 5) is 24.8. The van der Waals surface area contributed by atoms with E-state index in [0.717, 1.165) is 31.2 Å². The number of esters is 1. The van der Waals surface area contributed by atoms with Gasteiger partial charge in [0.25, 0.3) is 0 Å². The molecule has 26 heavy (non-hydrogen) atoms. The fraction of sp³-hybridized carbons (Fsp3) is 0.556. The van der Waals surface area contributed by atoms with Crippen LogP contribution in [0.15, 0.2) is 23.1 Å². The van der Waals surface area contributed by atoms with E-state index in [1.807, 2.05) is 6.07 Å². The highest BCUT2D eigenvalue weighted by Gasteiger charge is 2.19. The summed E-state index contributed by atoms with van der Waals surface area (Å²) in [5, 5.41) is 0. The van der Waals surface area contributed by atoms with E-state index >= 15 is 0 Å². The quantitative estimate of drug-likeness (QED) is 0.683. The van der Waals surface area contributed by atoms with E-state index in [1.54, 1.807) is 19.1 Å². The second-order valence-electron chi connectivity index (χ2n) is 6.34. The molecule has 0 radical (unpaired) electrons. The Hall–Kier alpha value is -1.93. The van der Waals surface area contributed by atoms with Crippen LogP contribution in [0.1, 0.15) is 37.3 Å². The van der Waals surface area contributed by atoms with Crippen molar-refractivity contribution in [2.75, 3.05) is 26.7 Å². The maximum Gasteiger partial charge on any atom is 0.325 e. The molecule has 2 rings (SSSR count). The largest absolute Gasteiger partial charge is 0.465 e. The first-order valence-corrected chi connectivity index (χ1v) is 10.3. The van der Waals surface area contributed by atoms with Crippen molar-refractivity contribution in [3.8, 4) is 0 Å². The Kier molecular flexibility index (Phi) is 7.16. The number of rotatable bonds is 8. The van der Waals surface area contributed by atoms with Gasteiger partial charge in [-0.2, -0.15) is 0 Å². The minimum atomic E-state index is -3.66. The number of fused-ring (bicyclic) bond motifs is 1. The fourth-order valence-electron chi connectivity index (χ4n) is 2.93. The maximum absolute atomic E-state index is 12.4. The van der Waals surface area contributed by atoms with Crippen LogP contribution in [0.5, 0.6) is 0 Å². The number of nitrogens with one attached hydrogen (secondary N) is 1. The predicted molar refractivity (Wildman–Crippen MR) is 97.2 cm³/mol. The van der Waals surface area contributed by atoms with E-state index in [4.69, 9.17) is 4.74 Å². The third-order valence-corrected chi connectivity index (χ3v) is 5.82. The maximum atomic E-state index is 12.4. The third kappa shape index (κ3) is 5.54. The van der Waals surface area contributed by atoms with Crippen molar-refractivity contribution < 1.29 is 22.7 Å². The molecular formula is C18H26N2O5S. The van der Waals surface area contributed by atoms with Crippen LogP contribution in [0.4, 0.5) is 0 Å². The van der Waals surface area contributed by atoms with Crippen LogP contribution in [0.3, 0.4) is 0 Å². The average molecular weight is 382 g/mol. The molecule has 0 fully saturated rings. The van der Waals surface area contributed by atoms with Gasteiger partial charge in [0.05, 0.1) is 11.5 Å². The number of aryl methyl sites for hydroxylation is 2. The normalized spacial score (nSPS) is 13.8. The number of sulfonamides is 1. The van der Waals surface area contributed by atoms with Crippen LogP contribution in [0.2, 0.25) is 0 Å². The lowest BCUT2D eigenvalue weighted by molar-refractivity contribution is -0.148. The second kappa shape index (κ2) is 9.14. The van der Waals surface area contributed by atoms with Gasteiger partial charge in [-0.15, -0.1) is 0 Å². The number of hydrogen-bond donors (Lipinski definition) is 1. The molecule has 1 N–H and O–H groups in total. The number of benzene rings is 1. The number of hydrogen-bond acceptors (Lipinski definition) is 5. The molecule has 144 valence electrons. The van der Waals surface area contributed by atoms with E-state index in [0.29, 0.717) is 0 Å². The number of carbonyl (C=O) groups is 2. The summed E-state index contributed by atoms with van der Waals surface area (Å²) in [5.41, 5.74) is 2.30. The van der Waals surface area contributed by atoms with Crippen LogP contribution in [-0.4, -0.2) is 51.9 Å². The number of likely N-dealkylation sites (N-methyl/N-ethyl adjacent to an activating group) is 1. The third-order valence-electron chi connectivity index (χ3n) is 4.36. The van der Waals surface area contributed by atoms with Gasteiger partial charge in [0.1, 0.15) is 6.54 Å². The summed E-state index contributed by atoms with van der Waals surface area (Å²) in [6.45, 7) is 1.77. The van der Waals surface area contributed by atoms with E-state index in [9.17, 15) is 18.0 Å². The van der Waals surface area contributed by atoms with Gasteiger partial charge in [0.2, 0.25) is 15.9 Å². The molecule has 0 saturated carbocycles. The van der Waals surface area contributed by atoms with Crippen LogP contribution >= 0.6 is 0 Å². The summed E-state index contributed by atoms with van der Waals surface area (Å²) in [6.07, 6.45) is 4.07. The summed E-state index contributed by atoms with van der Waals surface area (Å²) >= 11 is 0. The van der Waals surface area contributed by atoms with Crippen molar-refractivity contribution in [1.29, 1.82) is 0 Å². The zero-order valence-corrected chi connectivity index (χ0v) is 16.1. The van der Waals surface area contributed by atoms with E-state index in [2.05, 4.69) is 4.72 Å². The fourth-order valence-corrected chi connectivity index (χ4v) is 4.01.